The number of hydrogen-bond donors (Lipinski definition) is 3. The van der Waals surface area contributed by atoms with Gasteiger partial charge in [0.15, 0.2) is 5.65 Å². The number of anilines is 2. The molecule has 0 radical (unpaired) electrons. The average molecular weight is 382 g/mol. The van der Waals surface area contributed by atoms with E-state index < -0.39 is 0 Å². The molecule has 0 bridgehead atoms. The number of aryl methyl sites for hydroxylation is 2. The molecule has 1 aliphatic carbocycles. The molecule has 0 saturated heterocycles. The predicted octanol–water partition coefficient (Wildman–Crippen LogP) is 1.95. The van der Waals surface area contributed by atoms with Crippen LogP contribution in [-0.2, 0) is 7.05 Å². The molecule has 3 aromatic rings. The van der Waals surface area contributed by atoms with Crippen LogP contribution in [0.15, 0.2) is 24.7 Å². The average Bonchev–Trinajstić information content (AvgIpc) is 3.20. The third-order valence-electron chi connectivity index (χ3n) is 5.37. The van der Waals surface area contributed by atoms with Gasteiger partial charge in [-0.2, -0.15) is 10.2 Å². The van der Waals surface area contributed by atoms with Crippen molar-refractivity contribution in [3.05, 3.63) is 35.9 Å². The van der Waals surface area contributed by atoms with Crippen LogP contribution in [0.4, 0.5) is 11.5 Å². The van der Waals surface area contributed by atoms with Crippen molar-refractivity contribution in [1.82, 2.24) is 24.4 Å². The standard InChI is InChI=1S/C19H26N8O/c1-11-4-5-15(14(20)8-11)22-17-6-7-27-18(24-17)13(9-21-27)19(28)23-16-10-26(3)25-12(16)2/h6-7,9-11,14-15H,4-5,8,20H2,1-3H3,(H,22,24)(H,23,28)/t11?,14-,15+/m0/s1. The number of nitrogens with one attached hydrogen (secondary N) is 2. The molecule has 1 saturated carbocycles. The van der Waals surface area contributed by atoms with Gasteiger partial charge in [-0.3, -0.25) is 9.48 Å². The highest BCUT2D eigenvalue weighted by atomic mass is 16.1. The Morgan fingerprint density at radius 2 is 2.18 bits per heavy atom. The molecule has 0 aromatic carbocycles. The minimum atomic E-state index is -0.265. The Hall–Kier alpha value is -2.94. The number of rotatable bonds is 4. The summed E-state index contributed by atoms with van der Waals surface area (Å²) in [5.41, 5.74) is 8.65. The third kappa shape index (κ3) is 3.57. The summed E-state index contributed by atoms with van der Waals surface area (Å²) in [5.74, 6) is 1.10. The molecule has 148 valence electrons. The second-order valence-electron chi connectivity index (χ2n) is 7.73. The van der Waals surface area contributed by atoms with Crippen molar-refractivity contribution in [3.8, 4) is 0 Å². The molecule has 3 heterocycles. The summed E-state index contributed by atoms with van der Waals surface area (Å²) in [5, 5.41) is 14.8. The highest BCUT2D eigenvalue weighted by Crippen LogP contribution is 2.25. The number of nitrogens with zero attached hydrogens (tertiary/aromatic N) is 5. The first-order valence-electron chi connectivity index (χ1n) is 9.59. The van der Waals surface area contributed by atoms with Gasteiger partial charge in [0.1, 0.15) is 11.4 Å². The molecule has 0 spiro atoms. The Labute approximate surface area is 163 Å². The second kappa shape index (κ2) is 7.23. The summed E-state index contributed by atoms with van der Waals surface area (Å²) in [4.78, 5) is 17.4. The van der Waals surface area contributed by atoms with Crippen LogP contribution in [0.3, 0.4) is 0 Å². The Morgan fingerprint density at radius 1 is 1.36 bits per heavy atom. The third-order valence-corrected chi connectivity index (χ3v) is 5.37. The van der Waals surface area contributed by atoms with E-state index in [2.05, 4.69) is 32.7 Å². The van der Waals surface area contributed by atoms with Gasteiger partial charge in [-0.15, -0.1) is 0 Å². The number of carbonyl (C=O) groups excluding carboxylic acids is 1. The van der Waals surface area contributed by atoms with Crippen LogP contribution in [0.5, 0.6) is 0 Å². The van der Waals surface area contributed by atoms with Crippen molar-refractivity contribution in [3.63, 3.8) is 0 Å². The van der Waals surface area contributed by atoms with Crippen molar-refractivity contribution in [2.24, 2.45) is 18.7 Å². The lowest BCUT2D eigenvalue weighted by Crippen LogP contribution is -2.44. The van der Waals surface area contributed by atoms with Crippen LogP contribution in [0.1, 0.15) is 42.2 Å². The topological polar surface area (TPSA) is 115 Å². The molecule has 28 heavy (non-hydrogen) atoms. The van der Waals surface area contributed by atoms with E-state index in [4.69, 9.17) is 5.73 Å². The first-order valence-corrected chi connectivity index (χ1v) is 9.59. The minimum Gasteiger partial charge on any atom is -0.366 e. The van der Waals surface area contributed by atoms with Crippen molar-refractivity contribution < 1.29 is 4.79 Å². The van der Waals surface area contributed by atoms with E-state index in [0.717, 1.165) is 25.0 Å². The van der Waals surface area contributed by atoms with Crippen LogP contribution in [0, 0.1) is 12.8 Å². The van der Waals surface area contributed by atoms with Crippen molar-refractivity contribution in [2.45, 2.75) is 45.2 Å². The van der Waals surface area contributed by atoms with Crippen molar-refractivity contribution >= 4 is 23.1 Å². The Morgan fingerprint density at radius 3 is 2.89 bits per heavy atom. The molecular weight excluding hydrogens is 356 g/mol. The van der Waals surface area contributed by atoms with E-state index in [0.29, 0.717) is 28.6 Å². The fourth-order valence-electron chi connectivity index (χ4n) is 3.82. The molecule has 1 aliphatic rings. The molecule has 1 amide bonds. The lowest BCUT2D eigenvalue weighted by Gasteiger charge is -2.33. The highest BCUT2D eigenvalue weighted by Gasteiger charge is 2.26. The second-order valence-corrected chi connectivity index (χ2v) is 7.73. The summed E-state index contributed by atoms with van der Waals surface area (Å²) in [7, 11) is 1.81. The monoisotopic (exact) mass is 382 g/mol. The zero-order valence-corrected chi connectivity index (χ0v) is 16.4. The van der Waals surface area contributed by atoms with Gasteiger partial charge < -0.3 is 16.4 Å². The predicted molar refractivity (Wildman–Crippen MR) is 107 cm³/mol. The summed E-state index contributed by atoms with van der Waals surface area (Å²) in [6.07, 6.45) is 8.27. The van der Waals surface area contributed by atoms with E-state index in [1.165, 1.54) is 6.20 Å². The summed E-state index contributed by atoms with van der Waals surface area (Å²) < 4.78 is 3.26. The molecule has 1 unspecified atom stereocenters. The van der Waals surface area contributed by atoms with E-state index in [-0.39, 0.29) is 18.0 Å². The van der Waals surface area contributed by atoms with Gasteiger partial charge in [0.05, 0.1) is 17.6 Å². The molecule has 3 aromatic heterocycles. The molecule has 4 rings (SSSR count). The smallest absolute Gasteiger partial charge is 0.261 e. The number of hydrogen-bond acceptors (Lipinski definition) is 6. The summed E-state index contributed by atoms with van der Waals surface area (Å²) in [6, 6.07) is 2.14. The molecule has 9 nitrogen and oxygen atoms in total. The maximum Gasteiger partial charge on any atom is 0.261 e. The highest BCUT2D eigenvalue weighted by molar-refractivity contribution is 6.08. The lowest BCUT2D eigenvalue weighted by atomic mass is 9.84. The number of carbonyl (C=O) groups is 1. The fourth-order valence-corrected chi connectivity index (χ4v) is 3.82. The van der Waals surface area contributed by atoms with Gasteiger partial charge >= 0.3 is 0 Å². The zero-order valence-electron chi connectivity index (χ0n) is 16.4. The normalized spacial score (nSPS) is 22.4. The van der Waals surface area contributed by atoms with Crippen molar-refractivity contribution in [2.75, 3.05) is 10.6 Å². The van der Waals surface area contributed by atoms with Crippen LogP contribution < -0.4 is 16.4 Å². The first kappa shape index (κ1) is 18.4. The van der Waals surface area contributed by atoms with Crippen LogP contribution in [0.25, 0.3) is 5.65 Å². The first-order chi connectivity index (χ1) is 13.4. The zero-order chi connectivity index (χ0) is 19.8. The van der Waals surface area contributed by atoms with Gasteiger partial charge in [0.25, 0.3) is 5.91 Å². The number of aromatic nitrogens is 5. The summed E-state index contributed by atoms with van der Waals surface area (Å²) >= 11 is 0. The van der Waals surface area contributed by atoms with E-state index >= 15 is 0 Å². The molecule has 4 N–H and O–H groups in total. The molecule has 1 fully saturated rings. The van der Waals surface area contributed by atoms with Crippen LogP contribution >= 0.6 is 0 Å². The largest absolute Gasteiger partial charge is 0.366 e. The van der Waals surface area contributed by atoms with Gasteiger partial charge in [-0.05, 0) is 38.2 Å². The quantitative estimate of drug-likeness (QED) is 0.635. The number of fused-ring (bicyclic) bond motifs is 1. The van der Waals surface area contributed by atoms with E-state index in [1.807, 2.05) is 20.0 Å². The van der Waals surface area contributed by atoms with Crippen LogP contribution in [-0.4, -0.2) is 42.4 Å². The SMILES string of the molecule is Cc1nn(C)cc1NC(=O)c1cnn2ccc(N[C@@H]3CCC(C)C[C@@H]3N)nc12. The lowest BCUT2D eigenvalue weighted by molar-refractivity contribution is 0.102. The van der Waals surface area contributed by atoms with Gasteiger partial charge in [-0.25, -0.2) is 9.50 Å². The summed E-state index contributed by atoms with van der Waals surface area (Å²) in [6.45, 7) is 4.09. The molecule has 3 atom stereocenters. The van der Waals surface area contributed by atoms with Gasteiger partial charge in [0, 0.05) is 31.5 Å². The van der Waals surface area contributed by atoms with E-state index in [9.17, 15) is 4.79 Å². The van der Waals surface area contributed by atoms with Gasteiger partial charge in [-0.1, -0.05) is 6.92 Å². The maximum atomic E-state index is 12.8. The Balaban J connectivity index is 1.56. The van der Waals surface area contributed by atoms with Gasteiger partial charge in [0.2, 0.25) is 0 Å². The molecule has 9 heteroatoms. The molecular formula is C19H26N8O. The Bertz CT molecular complexity index is 1010. The minimum absolute atomic E-state index is 0.100. The maximum absolute atomic E-state index is 12.8. The number of amides is 1. The molecule has 0 aliphatic heterocycles. The number of nitrogens with two attached hydrogens (primary N) is 1. The van der Waals surface area contributed by atoms with E-state index in [1.54, 1.807) is 21.6 Å². The Kier molecular flexibility index (Phi) is 4.76. The fraction of sp³-hybridized carbons (Fsp3) is 0.474. The van der Waals surface area contributed by atoms with Crippen LogP contribution in [0.2, 0.25) is 0 Å². The van der Waals surface area contributed by atoms with Crippen molar-refractivity contribution in [1.29, 1.82) is 0 Å².